The number of nitrogens with zero attached hydrogens (tertiary/aromatic N) is 1. The average Bonchev–Trinajstić information content (AvgIpc) is 2.48. The van der Waals surface area contributed by atoms with Crippen LogP contribution in [0, 0.1) is 6.92 Å². The molecule has 1 aromatic rings. The molecule has 0 saturated carbocycles. The smallest absolute Gasteiger partial charge is 0.240 e. The second-order valence-corrected chi connectivity index (χ2v) is 8.33. The molecule has 0 amide bonds. The zero-order chi connectivity index (χ0) is 15.5. The van der Waals surface area contributed by atoms with Gasteiger partial charge in [0.1, 0.15) is 0 Å². The van der Waals surface area contributed by atoms with E-state index in [0.717, 1.165) is 23.1 Å². The highest BCUT2D eigenvalue weighted by Gasteiger charge is 2.20. The lowest BCUT2D eigenvalue weighted by molar-refractivity contribution is 0.175. The number of hydrogen-bond donors (Lipinski definition) is 1. The maximum absolute atomic E-state index is 12.3. The normalized spacial score (nSPS) is 18.6. The van der Waals surface area contributed by atoms with Crippen molar-refractivity contribution < 1.29 is 8.42 Å². The molecule has 2 rings (SSSR count). The van der Waals surface area contributed by atoms with Gasteiger partial charge in [-0.3, -0.25) is 4.90 Å². The summed E-state index contributed by atoms with van der Waals surface area (Å²) in [5.41, 5.74) is 0.918. The molecule has 6 heteroatoms. The van der Waals surface area contributed by atoms with Crippen LogP contribution >= 0.6 is 15.9 Å². The number of likely N-dealkylation sites (tertiary alicyclic amines) is 1. The number of aryl methyl sites for hydroxylation is 1. The molecule has 0 bridgehead atoms. The first kappa shape index (κ1) is 16.9. The van der Waals surface area contributed by atoms with Crippen LogP contribution in [0.4, 0.5) is 0 Å². The molecule has 21 heavy (non-hydrogen) atoms. The van der Waals surface area contributed by atoms with Gasteiger partial charge in [-0.15, -0.1) is 0 Å². The molecule has 118 valence electrons. The van der Waals surface area contributed by atoms with Crippen molar-refractivity contribution in [2.24, 2.45) is 0 Å². The summed E-state index contributed by atoms with van der Waals surface area (Å²) in [6.45, 7) is 6.57. The Balaban J connectivity index is 1.98. The third-order valence-electron chi connectivity index (χ3n) is 4.02. The van der Waals surface area contributed by atoms with E-state index in [9.17, 15) is 8.42 Å². The second-order valence-electron chi connectivity index (χ2n) is 5.71. The largest absolute Gasteiger partial charge is 0.299 e. The Morgan fingerprint density at radius 2 is 1.95 bits per heavy atom. The molecule has 1 saturated heterocycles. The Kier molecular flexibility index (Phi) is 5.82. The molecule has 0 aromatic heterocycles. The minimum absolute atomic E-state index is 0.233. The summed E-state index contributed by atoms with van der Waals surface area (Å²) in [7, 11) is -3.43. The van der Waals surface area contributed by atoms with E-state index in [4.69, 9.17) is 0 Å². The fraction of sp³-hybridized carbons (Fsp3) is 0.600. The number of benzene rings is 1. The lowest BCUT2D eigenvalue weighted by atomic mass is 10.1. The number of hydrogen-bond acceptors (Lipinski definition) is 3. The maximum Gasteiger partial charge on any atom is 0.240 e. The van der Waals surface area contributed by atoms with E-state index in [0.29, 0.717) is 11.4 Å². The zero-order valence-corrected chi connectivity index (χ0v) is 15.0. The van der Waals surface area contributed by atoms with Crippen LogP contribution in [0.2, 0.25) is 0 Å². The number of halogens is 1. The van der Waals surface area contributed by atoms with Crippen molar-refractivity contribution in [3.63, 3.8) is 0 Å². The summed E-state index contributed by atoms with van der Waals surface area (Å²) in [6, 6.07) is 5.33. The molecule has 1 fully saturated rings. The minimum Gasteiger partial charge on any atom is -0.299 e. The van der Waals surface area contributed by atoms with Crippen molar-refractivity contribution in [2.75, 3.05) is 19.6 Å². The molecule has 1 N–H and O–H groups in total. The first-order valence-electron chi connectivity index (χ1n) is 7.40. The van der Waals surface area contributed by atoms with Crippen LogP contribution in [-0.4, -0.2) is 39.0 Å². The summed E-state index contributed by atoms with van der Waals surface area (Å²) in [5, 5.41) is 0. The van der Waals surface area contributed by atoms with E-state index in [1.54, 1.807) is 18.2 Å². The van der Waals surface area contributed by atoms with Crippen molar-refractivity contribution in [3.8, 4) is 0 Å². The molecular weight excluding hydrogens is 352 g/mol. The molecule has 1 heterocycles. The number of nitrogens with one attached hydrogen (secondary N) is 1. The van der Waals surface area contributed by atoms with Crippen LogP contribution in [0.5, 0.6) is 0 Å². The van der Waals surface area contributed by atoms with Gasteiger partial charge in [-0.25, -0.2) is 13.1 Å². The predicted octanol–water partition coefficient (Wildman–Crippen LogP) is 2.91. The van der Waals surface area contributed by atoms with E-state index in [2.05, 4.69) is 32.5 Å². The van der Waals surface area contributed by atoms with Gasteiger partial charge in [0.15, 0.2) is 0 Å². The Hall–Kier alpha value is -0.430. The Morgan fingerprint density at radius 1 is 1.29 bits per heavy atom. The van der Waals surface area contributed by atoms with Crippen molar-refractivity contribution in [3.05, 3.63) is 28.2 Å². The second kappa shape index (κ2) is 7.22. The fourth-order valence-corrected chi connectivity index (χ4v) is 4.04. The third kappa shape index (κ3) is 4.52. The van der Waals surface area contributed by atoms with Gasteiger partial charge >= 0.3 is 0 Å². The van der Waals surface area contributed by atoms with Gasteiger partial charge in [0.05, 0.1) is 4.90 Å². The average molecular weight is 375 g/mol. The van der Waals surface area contributed by atoms with Crippen molar-refractivity contribution in [1.29, 1.82) is 0 Å². The highest BCUT2D eigenvalue weighted by atomic mass is 79.9. The van der Waals surface area contributed by atoms with E-state index in [1.165, 1.54) is 19.3 Å². The van der Waals surface area contributed by atoms with Gasteiger partial charge in [-0.2, -0.15) is 0 Å². The first-order chi connectivity index (χ1) is 9.90. The van der Waals surface area contributed by atoms with Gasteiger partial charge in [-0.05, 0) is 63.5 Å². The molecular formula is C15H23BrN2O2S. The molecule has 0 spiro atoms. The third-order valence-corrected chi connectivity index (χ3v) is 6.33. The Labute approximate surface area is 136 Å². The highest BCUT2D eigenvalue weighted by Crippen LogP contribution is 2.20. The van der Waals surface area contributed by atoms with Gasteiger partial charge < -0.3 is 0 Å². The molecule has 1 aliphatic rings. The van der Waals surface area contributed by atoms with Gasteiger partial charge in [0.2, 0.25) is 10.0 Å². The molecule has 4 nitrogen and oxygen atoms in total. The van der Waals surface area contributed by atoms with E-state index in [1.807, 2.05) is 6.92 Å². The lowest BCUT2D eigenvalue weighted by Crippen LogP contribution is -2.44. The van der Waals surface area contributed by atoms with Crippen LogP contribution in [0.3, 0.4) is 0 Å². The van der Waals surface area contributed by atoms with Crippen LogP contribution in [-0.2, 0) is 10.0 Å². The van der Waals surface area contributed by atoms with Crippen molar-refractivity contribution >= 4 is 26.0 Å². The van der Waals surface area contributed by atoms with Crippen LogP contribution in [0.25, 0.3) is 0 Å². The SMILES string of the molecule is Cc1cc(S(=O)(=O)NCC(C)N2CCCCC2)ccc1Br. The minimum atomic E-state index is -3.43. The Morgan fingerprint density at radius 3 is 2.57 bits per heavy atom. The van der Waals surface area contributed by atoms with E-state index in [-0.39, 0.29) is 6.04 Å². The maximum atomic E-state index is 12.3. The van der Waals surface area contributed by atoms with Crippen LogP contribution in [0.15, 0.2) is 27.6 Å². The molecule has 1 aliphatic heterocycles. The summed E-state index contributed by atoms with van der Waals surface area (Å²) in [6.07, 6.45) is 3.71. The summed E-state index contributed by atoms with van der Waals surface area (Å²) >= 11 is 3.39. The van der Waals surface area contributed by atoms with Crippen LogP contribution < -0.4 is 4.72 Å². The zero-order valence-electron chi connectivity index (χ0n) is 12.6. The number of sulfonamides is 1. The molecule has 0 aliphatic carbocycles. The highest BCUT2D eigenvalue weighted by molar-refractivity contribution is 9.10. The monoisotopic (exact) mass is 374 g/mol. The van der Waals surface area contributed by atoms with Crippen LogP contribution in [0.1, 0.15) is 31.7 Å². The topological polar surface area (TPSA) is 49.4 Å². The van der Waals surface area contributed by atoms with E-state index >= 15 is 0 Å². The molecule has 1 unspecified atom stereocenters. The quantitative estimate of drug-likeness (QED) is 0.861. The molecule has 1 aromatic carbocycles. The summed E-state index contributed by atoms with van der Waals surface area (Å²) in [4.78, 5) is 2.69. The van der Waals surface area contributed by atoms with Gasteiger partial charge in [-0.1, -0.05) is 22.4 Å². The number of piperidine rings is 1. The van der Waals surface area contributed by atoms with E-state index < -0.39 is 10.0 Å². The summed E-state index contributed by atoms with van der Waals surface area (Å²) in [5.74, 6) is 0. The van der Waals surface area contributed by atoms with Crippen molar-refractivity contribution in [1.82, 2.24) is 9.62 Å². The molecule has 0 radical (unpaired) electrons. The Bertz CT molecular complexity index is 583. The van der Waals surface area contributed by atoms with Gasteiger partial charge in [0, 0.05) is 17.1 Å². The van der Waals surface area contributed by atoms with Crippen molar-refractivity contribution in [2.45, 2.75) is 44.0 Å². The standard InChI is InChI=1S/C15H23BrN2O2S/c1-12-10-14(6-7-15(12)16)21(19,20)17-11-13(2)18-8-4-3-5-9-18/h6-7,10,13,17H,3-5,8-9,11H2,1-2H3. The number of rotatable bonds is 5. The predicted molar refractivity (Wildman–Crippen MR) is 89.0 cm³/mol. The van der Waals surface area contributed by atoms with Gasteiger partial charge in [0.25, 0.3) is 0 Å². The fourth-order valence-electron chi connectivity index (χ4n) is 2.59. The lowest BCUT2D eigenvalue weighted by Gasteiger charge is -2.32. The molecule has 1 atom stereocenters. The first-order valence-corrected chi connectivity index (χ1v) is 9.67. The summed E-state index contributed by atoms with van der Waals surface area (Å²) < 4.78 is 28.3.